The number of aryl methyl sites for hydroxylation is 2. The van der Waals surface area contributed by atoms with Crippen LogP contribution in [0.25, 0.3) is 0 Å². The predicted octanol–water partition coefficient (Wildman–Crippen LogP) is 5.53. The summed E-state index contributed by atoms with van der Waals surface area (Å²) in [4.78, 5) is 12.8. The van der Waals surface area contributed by atoms with Crippen molar-refractivity contribution in [3.05, 3.63) is 75.8 Å². The Morgan fingerprint density at radius 1 is 1.16 bits per heavy atom. The summed E-state index contributed by atoms with van der Waals surface area (Å²) in [6, 6.07) is 10.2. The zero-order chi connectivity index (χ0) is 22.8. The van der Waals surface area contributed by atoms with Crippen LogP contribution in [0.3, 0.4) is 0 Å². The molecule has 0 aliphatic heterocycles. The lowest BCUT2D eigenvalue weighted by molar-refractivity contribution is -0.153. The van der Waals surface area contributed by atoms with Gasteiger partial charge in [-0.25, -0.2) is 9.07 Å². The van der Waals surface area contributed by atoms with Crippen LogP contribution in [0.1, 0.15) is 27.2 Å². The van der Waals surface area contributed by atoms with E-state index in [4.69, 9.17) is 16.3 Å². The van der Waals surface area contributed by atoms with Gasteiger partial charge in [0.05, 0.1) is 23.5 Å². The van der Waals surface area contributed by atoms with E-state index in [1.54, 1.807) is 32.0 Å². The summed E-state index contributed by atoms with van der Waals surface area (Å²) in [6.07, 6.45) is -4.52. The van der Waals surface area contributed by atoms with Gasteiger partial charge in [-0.3, -0.25) is 4.79 Å². The maximum absolute atomic E-state index is 13.1. The summed E-state index contributed by atoms with van der Waals surface area (Å²) >= 11 is 6.34. The van der Waals surface area contributed by atoms with Crippen LogP contribution in [0, 0.1) is 19.7 Å². The van der Waals surface area contributed by atoms with Crippen molar-refractivity contribution in [2.45, 2.75) is 26.6 Å². The van der Waals surface area contributed by atoms with Crippen molar-refractivity contribution in [3.8, 4) is 5.75 Å². The third kappa shape index (κ3) is 5.75. The van der Waals surface area contributed by atoms with Gasteiger partial charge in [-0.1, -0.05) is 29.8 Å². The van der Waals surface area contributed by atoms with E-state index < -0.39 is 18.7 Å². The lowest BCUT2D eigenvalue weighted by atomic mass is 10.2. The van der Waals surface area contributed by atoms with Crippen molar-refractivity contribution in [2.75, 3.05) is 11.9 Å². The van der Waals surface area contributed by atoms with Crippen LogP contribution < -0.4 is 10.1 Å². The second-order valence-corrected chi connectivity index (χ2v) is 7.25. The first-order chi connectivity index (χ1) is 14.5. The topological polar surface area (TPSA) is 56.2 Å². The molecule has 0 fully saturated rings. The lowest BCUT2D eigenvalue weighted by Crippen LogP contribution is -2.20. The minimum Gasteiger partial charge on any atom is -0.482 e. The quantitative estimate of drug-likeness (QED) is 0.497. The molecule has 0 saturated carbocycles. The number of nitrogens with zero attached hydrogens (tertiary/aromatic N) is 2. The minimum atomic E-state index is -4.52. The van der Waals surface area contributed by atoms with Crippen molar-refractivity contribution < 1.29 is 27.1 Å². The second-order valence-electron chi connectivity index (χ2n) is 6.89. The van der Waals surface area contributed by atoms with Crippen LogP contribution >= 0.6 is 11.6 Å². The van der Waals surface area contributed by atoms with E-state index >= 15 is 0 Å². The van der Waals surface area contributed by atoms with Crippen molar-refractivity contribution >= 4 is 23.2 Å². The fourth-order valence-corrected chi connectivity index (χ4v) is 3.20. The molecule has 0 atom stereocenters. The van der Waals surface area contributed by atoms with E-state index in [0.717, 1.165) is 5.56 Å². The number of hydrogen-bond donors (Lipinski definition) is 1. The molecule has 0 unspecified atom stereocenters. The molecule has 0 bridgehead atoms. The number of alkyl halides is 3. The van der Waals surface area contributed by atoms with E-state index in [0.29, 0.717) is 11.3 Å². The molecule has 1 heterocycles. The van der Waals surface area contributed by atoms with Gasteiger partial charge >= 0.3 is 6.18 Å². The van der Waals surface area contributed by atoms with Gasteiger partial charge in [-0.15, -0.1) is 0 Å². The van der Waals surface area contributed by atoms with Crippen molar-refractivity contribution in [2.24, 2.45) is 0 Å². The Bertz CT molecular complexity index is 1100. The third-order valence-corrected chi connectivity index (χ3v) is 4.70. The van der Waals surface area contributed by atoms with Crippen LogP contribution in [-0.2, 0) is 6.54 Å². The van der Waals surface area contributed by atoms with Gasteiger partial charge in [0.25, 0.3) is 5.91 Å². The Kier molecular flexibility index (Phi) is 6.54. The highest BCUT2D eigenvalue weighted by molar-refractivity contribution is 6.33. The van der Waals surface area contributed by atoms with Crippen molar-refractivity contribution in [1.82, 2.24) is 9.78 Å². The summed E-state index contributed by atoms with van der Waals surface area (Å²) in [5, 5.41) is 6.83. The lowest BCUT2D eigenvalue weighted by Gasteiger charge is -2.14. The predicted molar refractivity (Wildman–Crippen MR) is 108 cm³/mol. The van der Waals surface area contributed by atoms with Crippen LogP contribution in [0.4, 0.5) is 23.2 Å². The number of halogens is 5. The van der Waals surface area contributed by atoms with E-state index in [1.807, 2.05) is 0 Å². The number of anilines is 1. The molecule has 1 N–H and O–H groups in total. The zero-order valence-electron chi connectivity index (χ0n) is 16.6. The highest BCUT2D eigenvalue weighted by Crippen LogP contribution is 2.30. The Morgan fingerprint density at radius 3 is 2.48 bits per heavy atom. The smallest absolute Gasteiger partial charge is 0.422 e. The number of nitrogens with one attached hydrogen (secondary N) is 1. The number of amides is 1. The molecular formula is C21H18ClF4N3O2. The van der Waals surface area contributed by atoms with Crippen LogP contribution in [0.15, 0.2) is 42.5 Å². The molecule has 0 aliphatic rings. The number of ether oxygens (including phenoxy) is 1. The first-order valence-corrected chi connectivity index (χ1v) is 9.50. The Hall–Kier alpha value is -3.07. The number of rotatable bonds is 6. The summed E-state index contributed by atoms with van der Waals surface area (Å²) in [6.45, 7) is 1.98. The maximum Gasteiger partial charge on any atom is 0.422 e. The molecule has 3 aromatic rings. The van der Waals surface area contributed by atoms with Crippen LogP contribution in [-0.4, -0.2) is 28.5 Å². The molecule has 1 amide bonds. The molecule has 0 spiro atoms. The first-order valence-electron chi connectivity index (χ1n) is 9.12. The van der Waals surface area contributed by atoms with Gasteiger partial charge in [-0.05, 0) is 49.2 Å². The van der Waals surface area contributed by atoms with E-state index in [1.165, 1.54) is 28.9 Å². The standard InChI is InChI=1S/C21H18ClF4N3O2/c1-12-3-8-16(17(9-12)31-11-21(24,25)26)27-20(30)18-13(2)28-29(19(18)22)10-14-4-6-15(23)7-5-14/h3-9H,10-11H2,1-2H3,(H,27,30). The number of carbonyl (C=O) groups excluding carboxylic acids is 1. The second kappa shape index (κ2) is 8.97. The summed E-state index contributed by atoms with van der Waals surface area (Å²) in [5.74, 6) is -1.14. The number of carbonyl (C=O) groups is 1. The molecule has 10 heteroatoms. The fourth-order valence-electron chi connectivity index (χ4n) is 2.88. The average Bonchev–Trinajstić information content (AvgIpc) is 2.96. The van der Waals surface area contributed by atoms with Crippen molar-refractivity contribution in [1.29, 1.82) is 0 Å². The average molecular weight is 456 g/mol. The van der Waals surface area contributed by atoms with E-state index in [9.17, 15) is 22.4 Å². The Morgan fingerprint density at radius 2 is 1.84 bits per heavy atom. The van der Waals surface area contributed by atoms with Crippen molar-refractivity contribution in [3.63, 3.8) is 0 Å². The minimum absolute atomic E-state index is 0.0456. The molecule has 0 aliphatic carbocycles. The Labute approximate surface area is 180 Å². The number of hydrogen-bond acceptors (Lipinski definition) is 3. The largest absolute Gasteiger partial charge is 0.482 e. The van der Waals surface area contributed by atoms with Gasteiger partial charge in [-0.2, -0.15) is 18.3 Å². The van der Waals surface area contributed by atoms with E-state index in [2.05, 4.69) is 10.4 Å². The van der Waals surface area contributed by atoms with Gasteiger partial charge in [0.2, 0.25) is 0 Å². The molecule has 2 aromatic carbocycles. The number of aromatic nitrogens is 2. The molecule has 0 radical (unpaired) electrons. The van der Waals surface area contributed by atoms with Gasteiger partial charge < -0.3 is 10.1 Å². The summed E-state index contributed by atoms with van der Waals surface area (Å²) in [7, 11) is 0. The normalized spacial score (nSPS) is 11.5. The van der Waals surface area contributed by atoms with Gasteiger partial charge in [0.15, 0.2) is 6.61 Å². The first kappa shape index (κ1) is 22.6. The maximum atomic E-state index is 13.1. The Balaban J connectivity index is 1.82. The van der Waals surface area contributed by atoms with Crippen LogP contribution in [0.5, 0.6) is 5.75 Å². The molecular weight excluding hydrogens is 438 g/mol. The highest BCUT2D eigenvalue weighted by atomic mass is 35.5. The molecule has 1 aromatic heterocycles. The summed E-state index contributed by atoms with van der Waals surface area (Å²) < 4.78 is 57.0. The molecule has 0 saturated heterocycles. The van der Waals surface area contributed by atoms with Gasteiger partial charge in [0.1, 0.15) is 16.7 Å². The monoisotopic (exact) mass is 455 g/mol. The van der Waals surface area contributed by atoms with E-state index in [-0.39, 0.29) is 34.5 Å². The third-order valence-electron chi connectivity index (χ3n) is 4.31. The molecule has 3 rings (SSSR count). The highest BCUT2D eigenvalue weighted by Gasteiger charge is 2.29. The molecule has 164 valence electrons. The zero-order valence-corrected chi connectivity index (χ0v) is 17.3. The van der Waals surface area contributed by atoms with Crippen LogP contribution in [0.2, 0.25) is 5.15 Å². The number of benzene rings is 2. The SMILES string of the molecule is Cc1ccc(NC(=O)c2c(C)nn(Cc3ccc(F)cc3)c2Cl)c(OCC(F)(F)F)c1. The molecule has 31 heavy (non-hydrogen) atoms. The fraction of sp³-hybridized carbons (Fsp3) is 0.238. The van der Waals surface area contributed by atoms with Gasteiger partial charge in [0, 0.05) is 0 Å². The molecule has 5 nitrogen and oxygen atoms in total. The summed E-state index contributed by atoms with van der Waals surface area (Å²) in [5.41, 5.74) is 1.86.